The number of amides is 1. The van der Waals surface area contributed by atoms with Crippen molar-refractivity contribution in [2.45, 2.75) is 38.7 Å². The Kier molecular flexibility index (Phi) is 3.75. The molecule has 1 aromatic rings. The molecule has 0 aromatic carbocycles. The summed E-state index contributed by atoms with van der Waals surface area (Å²) >= 11 is 5.80. The van der Waals surface area contributed by atoms with Crippen LogP contribution in [0.15, 0.2) is 11.3 Å². The summed E-state index contributed by atoms with van der Waals surface area (Å²) in [5, 5.41) is 17.1. The van der Waals surface area contributed by atoms with Crippen molar-refractivity contribution >= 4 is 23.2 Å². The quantitative estimate of drug-likeness (QED) is 0.905. The maximum absolute atomic E-state index is 13.1. The summed E-state index contributed by atoms with van der Waals surface area (Å²) in [6.45, 7) is 3.17. The van der Waals surface area contributed by atoms with Gasteiger partial charge >= 0.3 is 6.18 Å². The zero-order valence-electron chi connectivity index (χ0n) is 11.1. The van der Waals surface area contributed by atoms with Gasteiger partial charge in [0.1, 0.15) is 5.69 Å². The molecule has 0 unspecified atom stereocenters. The summed E-state index contributed by atoms with van der Waals surface area (Å²) in [6.07, 6.45) is -4.70. The highest BCUT2D eigenvalue weighted by Gasteiger charge is 2.63. The molecule has 0 aliphatic carbocycles. The van der Waals surface area contributed by atoms with Gasteiger partial charge in [0, 0.05) is 18.7 Å². The Morgan fingerprint density at radius 3 is 2.71 bits per heavy atom. The molecule has 0 bridgehead atoms. The van der Waals surface area contributed by atoms with Crippen LogP contribution in [0, 0.1) is 0 Å². The lowest BCUT2D eigenvalue weighted by Crippen LogP contribution is -2.56. The first-order valence-corrected chi connectivity index (χ1v) is 6.38. The van der Waals surface area contributed by atoms with Gasteiger partial charge in [-0.1, -0.05) is 11.6 Å². The zero-order chi connectivity index (χ0) is 16.0. The van der Waals surface area contributed by atoms with Gasteiger partial charge in [-0.2, -0.15) is 28.4 Å². The van der Waals surface area contributed by atoms with Gasteiger partial charge in [0.15, 0.2) is 0 Å². The highest BCUT2D eigenvalue weighted by atomic mass is 35.5. The minimum Gasteiger partial charge on any atom is -0.362 e. The molecule has 10 heteroatoms. The van der Waals surface area contributed by atoms with Gasteiger partial charge < -0.3 is 5.11 Å². The Morgan fingerprint density at radius 1 is 1.57 bits per heavy atom. The van der Waals surface area contributed by atoms with Gasteiger partial charge in [-0.3, -0.25) is 9.48 Å². The number of hydrazone groups is 1. The second-order valence-electron chi connectivity index (χ2n) is 4.60. The highest BCUT2D eigenvalue weighted by molar-refractivity contribution is 6.33. The number of aromatic nitrogens is 2. The Labute approximate surface area is 122 Å². The molecule has 1 aliphatic heterocycles. The lowest BCUT2D eigenvalue weighted by Gasteiger charge is -2.32. The van der Waals surface area contributed by atoms with Crippen LogP contribution in [-0.2, 0) is 6.54 Å². The molecule has 1 amide bonds. The third kappa shape index (κ3) is 2.40. The molecule has 0 saturated heterocycles. The second-order valence-corrected chi connectivity index (χ2v) is 5.01. The van der Waals surface area contributed by atoms with E-state index in [0.717, 1.165) is 10.9 Å². The Balaban J connectivity index is 2.48. The van der Waals surface area contributed by atoms with Crippen LogP contribution in [0.4, 0.5) is 13.2 Å². The van der Waals surface area contributed by atoms with E-state index in [1.807, 2.05) is 0 Å². The fraction of sp³-hybridized carbons (Fsp3) is 0.545. The van der Waals surface area contributed by atoms with Crippen molar-refractivity contribution in [3.05, 3.63) is 16.9 Å². The molecule has 1 aromatic heterocycles. The molecule has 6 nitrogen and oxygen atoms in total. The van der Waals surface area contributed by atoms with Crippen LogP contribution in [0.2, 0.25) is 5.02 Å². The van der Waals surface area contributed by atoms with Crippen molar-refractivity contribution in [1.29, 1.82) is 0 Å². The van der Waals surface area contributed by atoms with Crippen molar-refractivity contribution < 1.29 is 23.1 Å². The van der Waals surface area contributed by atoms with Gasteiger partial charge in [0.2, 0.25) is 0 Å². The first-order chi connectivity index (χ1) is 9.61. The summed E-state index contributed by atoms with van der Waals surface area (Å²) in [5.74, 6) is -1.16. The molecule has 1 aliphatic rings. The topological polar surface area (TPSA) is 70.7 Å². The maximum Gasteiger partial charge on any atom is 0.438 e. The van der Waals surface area contributed by atoms with E-state index in [1.165, 1.54) is 6.92 Å². The van der Waals surface area contributed by atoms with Crippen molar-refractivity contribution in [3.63, 3.8) is 0 Å². The fourth-order valence-electron chi connectivity index (χ4n) is 2.07. The Hall–Kier alpha value is -1.61. The number of aliphatic hydroxyl groups is 1. The highest BCUT2D eigenvalue weighted by Crippen LogP contribution is 2.41. The number of rotatable bonds is 2. The van der Waals surface area contributed by atoms with Gasteiger partial charge in [0.05, 0.1) is 11.2 Å². The molecular weight excluding hydrogens is 313 g/mol. The van der Waals surface area contributed by atoms with E-state index in [4.69, 9.17) is 11.6 Å². The van der Waals surface area contributed by atoms with Gasteiger partial charge in [-0.05, 0) is 13.8 Å². The zero-order valence-corrected chi connectivity index (χ0v) is 11.9. The largest absolute Gasteiger partial charge is 0.438 e. The minimum absolute atomic E-state index is 0.0122. The minimum atomic E-state index is -5.05. The van der Waals surface area contributed by atoms with Crippen molar-refractivity contribution in [3.8, 4) is 0 Å². The smallest absolute Gasteiger partial charge is 0.362 e. The van der Waals surface area contributed by atoms with Crippen molar-refractivity contribution in [2.24, 2.45) is 5.10 Å². The average molecular weight is 325 g/mol. The molecular formula is C11H12ClF3N4O2. The van der Waals surface area contributed by atoms with Crippen molar-refractivity contribution in [2.75, 3.05) is 0 Å². The van der Waals surface area contributed by atoms with Gasteiger partial charge in [-0.25, -0.2) is 0 Å². The summed E-state index contributed by atoms with van der Waals surface area (Å²) < 4.78 is 40.4. The molecule has 0 fully saturated rings. The first kappa shape index (κ1) is 15.8. The standard InChI is InChI=1S/C11H12ClF3N4O2/c1-3-18-8(7(12)5-16-18)9(20)19-10(21,11(13,14)15)4-6(2)17-19/h5,21H,3-4H2,1-2H3/t10-/m0/s1. The van der Waals surface area contributed by atoms with Crippen LogP contribution in [-0.4, -0.2) is 43.4 Å². The summed E-state index contributed by atoms with van der Waals surface area (Å²) in [5.41, 5.74) is -3.64. The van der Waals surface area contributed by atoms with Crippen LogP contribution in [0.5, 0.6) is 0 Å². The van der Waals surface area contributed by atoms with Gasteiger partial charge in [0.25, 0.3) is 11.6 Å². The number of hydrogen-bond donors (Lipinski definition) is 1. The van der Waals surface area contributed by atoms with Crippen LogP contribution >= 0.6 is 11.6 Å². The number of hydrogen-bond acceptors (Lipinski definition) is 4. The number of alkyl halides is 3. The average Bonchev–Trinajstić information content (AvgIpc) is 2.88. The summed E-state index contributed by atoms with van der Waals surface area (Å²) in [4.78, 5) is 12.3. The van der Waals surface area contributed by atoms with E-state index in [1.54, 1.807) is 6.92 Å². The second kappa shape index (κ2) is 4.99. The van der Waals surface area contributed by atoms with Gasteiger partial charge in [-0.15, -0.1) is 0 Å². The molecule has 0 saturated carbocycles. The number of carbonyl (C=O) groups is 1. The molecule has 0 radical (unpaired) electrons. The Morgan fingerprint density at radius 2 is 2.19 bits per heavy atom. The predicted octanol–water partition coefficient (Wildman–Crippen LogP) is 2.03. The molecule has 21 heavy (non-hydrogen) atoms. The van der Waals surface area contributed by atoms with E-state index in [2.05, 4.69) is 10.2 Å². The number of carbonyl (C=O) groups excluding carboxylic acids is 1. The van der Waals surface area contributed by atoms with Crippen LogP contribution in [0.25, 0.3) is 0 Å². The molecule has 1 N–H and O–H groups in total. The number of nitrogens with zero attached hydrogens (tertiary/aromatic N) is 4. The molecule has 116 valence electrons. The normalized spacial score (nSPS) is 22.6. The van der Waals surface area contributed by atoms with E-state index < -0.39 is 24.2 Å². The summed E-state index contributed by atoms with van der Waals surface area (Å²) in [7, 11) is 0. The number of halogens is 4. The molecule has 1 atom stereocenters. The number of aryl methyl sites for hydroxylation is 1. The first-order valence-electron chi connectivity index (χ1n) is 6.01. The lowest BCUT2D eigenvalue weighted by atomic mass is 10.1. The molecule has 0 spiro atoms. The molecule has 2 rings (SSSR count). The molecule has 2 heterocycles. The third-order valence-electron chi connectivity index (χ3n) is 3.07. The van der Waals surface area contributed by atoms with Crippen LogP contribution in [0.1, 0.15) is 30.8 Å². The maximum atomic E-state index is 13.1. The third-order valence-corrected chi connectivity index (χ3v) is 3.34. The fourth-order valence-corrected chi connectivity index (χ4v) is 2.29. The summed E-state index contributed by atoms with van der Waals surface area (Å²) in [6, 6.07) is 0. The van der Waals surface area contributed by atoms with E-state index >= 15 is 0 Å². The SMILES string of the molecule is CCn1ncc(Cl)c1C(=O)N1N=C(C)C[C@]1(O)C(F)(F)F. The predicted molar refractivity (Wildman–Crippen MR) is 67.8 cm³/mol. The lowest BCUT2D eigenvalue weighted by molar-refractivity contribution is -0.297. The van der Waals surface area contributed by atoms with Crippen LogP contribution < -0.4 is 0 Å². The van der Waals surface area contributed by atoms with Crippen LogP contribution in [0.3, 0.4) is 0 Å². The van der Waals surface area contributed by atoms with E-state index in [0.29, 0.717) is 0 Å². The van der Waals surface area contributed by atoms with Crippen molar-refractivity contribution in [1.82, 2.24) is 14.8 Å². The Bertz CT molecular complexity index is 613. The van der Waals surface area contributed by atoms with E-state index in [9.17, 15) is 23.1 Å². The van der Waals surface area contributed by atoms with E-state index in [-0.39, 0.29) is 28.0 Å². The monoisotopic (exact) mass is 324 g/mol.